The summed E-state index contributed by atoms with van der Waals surface area (Å²) >= 11 is 3.55. The minimum absolute atomic E-state index is 0.630. The van der Waals surface area contributed by atoms with Crippen molar-refractivity contribution in [2.45, 2.75) is 25.8 Å². The summed E-state index contributed by atoms with van der Waals surface area (Å²) in [5.74, 6) is 2.59. The summed E-state index contributed by atoms with van der Waals surface area (Å²) in [4.78, 5) is 0. The zero-order valence-corrected chi connectivity index (χ0v) is 12.0. The lowest BCUT2D eigenvalue weighted by molar-refractivity contribution is 0.170. The molecule has 2 aliphatic rings. The smallest absolute Gasteiger partial charge is 0.175 e. The van der Waals surface area contributed by atoms with Gasteiger partial charge >= 0.3 is 0 Å². The number of halogens is 1. The maximum Gasteiger partial charge on any atom is 0.175 e. The van der Waals surface area contributed by atoms with Crippen LogP contribution in [0.5, 0.6) is 11.5 Å². The van der Waals surface area contributed by atoms with Crippen molar-refractivity contribution in [3.05, 3.63) is 22.2 Å². The first kappa shape index (κ1) is 12.3. The van der Waals surface area contributed by atoms with E-state index >= 15 is 0 Å². The van der Waals surface area contributed by atoms with E-state index in [9.17, 15) is 0 Å². The SMILES string of the molecule is Brc1cc(CNCC2CCC2)cc2c1OCCO2. The molecule has 1 aromatic rings. The van der Waals surface area contributed by atoms with Crippen molar-refractivity contribution in [2.75, 3.05) is 19.8 Å². The molecule has 1 aromatic carbocycles. The molecule has 0 unspecified atom stereocenters. The van der Waals surface area contributed by atoms with Crippen molar-refractivity contribution in [2.24, 2.45) is 5.92 Å². The van der Waals surface area contributed by atoms with Crippen LogP contribution in [0.1, 0.15) is 24.8 Å². The minimum Gasteiger partial charge on any atom is -0.486 e. The molecule has 0 spiro atoms. The third kappa shape index (κ3) is 2.64. The summed E-state index contributed by atoms with van der Waals surface area (Å²) in [5.41, 5.74) is 1.24. The van der Waals surface area contributed by atoms with Crippen LogP contribution < -0.4 is 14.8 Å². The van der Waals surface area contributed by atoms with Gasteiger partial charge in [0.05, 0.1) is 4.47 Å². The lowest BCUT2D eigenvalue weighted by Gasteiger charge is -2.25. The van der Waals surface area contributed by atoms with Gasteiger partial charge in [0.25, 0.3) is 0 Å². The van der Waals surface area contributed by atoms with Crippen LogP contribution in [-0.2, 0) is 6.54 Å². The molecule has 0 atom stereocenters. The van der Waals surface area contributed by atoms with E-state index in [0.717, 1.165) is 35.0 Å². The van der Waals surface area contributed by atoms with E-state index in [1.807, 2.05) is 0 Å². The van der Waals surface area contributed by atoms with Gasteiger partial charge < -0.3 is 14.8 Å². The molecule has 0 aromatic heterocycles. The molecule has 1 N–H and O–H groups in total. The van der Waals surface area contributed by atoms with E-state index in [1.165, 1.54) is 24.8 Å². The summed E-state index contributed by atoms with van der Waals surface area (Å²) in [6.07, 6.45) is 4.18. The first-order valence-electron chi connectivity index (χ1n) is 6.61. The van der Waals surface area contributed by atoms with E-state index in [0.29, 0.717) is 13.2 Å². The second kappa shape index (κ2) is 5.49. The van der Waals surface area contributed by atoms with E-state index in [4.69, 9.17) is 9.47 Å². The van der Waals surface area contributed by atoms with E-state index < -0.39 is 0 Å². The number of rotatable bonds is 4. The van der Waals surface area contributed by atoms with Crippen LogP contribution in [0.15, 0.2) is 16.6 Å². The molecule has 1 heterocycles. The maximum atomic E-state index is 5.62. The summed E-state index contributed by atoms with van der Waals surface area (Å²) in [6, 6.07) is 4.19. The van der Waals surface area contributed by atoms with Gasteiger partial charge in [-0.25, -0.2) is 0 Å². The van der Waals surface area contributed by atoms with Crippen molar-refractivity contribution in [3.63, 3.8) is 0 Å². The molecule has 0 bridgehead atoms. The van der Waals surface area contributed by atoms with Crippen molar-refractivity contribution in [1.82, 2.24) is 5.32 Å². The molecule has 3 rings (SSSR count). The minimum atomic E-state index is 0.630. The zero-order valence-electron chi connectivity index (χ0n) is 10.4. The topological polar surface area (TPSA) is 30.5 Å². The molecule has 1 aliphatic heterocycles. The highest BCUT2D eigenvalue weighted by molar-refractivity contribution is 9.10. The van der Waals surface area contributed by atoms with Gasteiger partial charge in [0.2, 0.25) is 0 Å². The van der Waals surface area contributed by atoms with Gasteiger partial charge in [-0.3, -0.25) is 0 Å². The summed E-state index contributed by atoms with van der Waals surface area (Å²) in [7, 11) is 0. The van der Waals surface area contributed by atoms with Gasteiger partial charge in [-0.2, -0.15) is 0 Å². The van der Waals surface area contributed by atoms with Gasteiger partial charge in [0.15, 0.2) is 11.5 Å². The molecule has 98 valence electrons. The number of hydrogen-bond donors (Lipinski definition) is 1. The largest absolute Gasteiger partial charge is 0.486 e. The number of nitrogens with one attached hydrogen (secondary N) is 1. The van der Waals surface area contributed by atoms with Crippen molar-refractivity contribution >= 4 is 15.9 Å². The lowest BCUT2D eigenvalue weighted by atomic mass is 9.85. The van der Waals surface area contributed by atoms with Crippen LogP contribution in [0.3, 0.4) is 0 Å². The monoisotopic (exact) mass is 311 g/mol. The Labute approximate surface area is 116 Å². The van der Waals surface area contributed by atoms with Crippen LogP contribution >= 0.6 is 15.9 Å². The highest BCUT2D eigenvalue weighted by atomic mass is 79.9. The standard InChI is InChI=1S/C14H18BrNO2/c15-12-6-11(9-16-8-10-2-1-3-10)7-13-14(12)18-5-4-17-13/h6-7,10,16H,1-5,8-9H2. The van der Waals surface area contributed by atoms with Gasteiger partial charge in [0, 0.05) is 6.54 Å². The Morgan fingerprint density at radius 2 is 2.06 bits per heavy atom. The van der Waals surface area contributed by atoms with Crippen LogP contribution in [0.4, 0.5) is 0 Å². The van der Waals surface area contributed by atoms with Crippen LogP contribution in [0, 0.1) is 5.92 Å². The number of hydrogen-bond acceptors (Lipinski definition) is 3. The fraction of sp³-hybridized carbons (Fsp3) is 0.571. The van der Waals surface area contributed by atoms with Crippen LogP contribution in [0.2, 0.25) is 0 Å². The van der Waals surface area contributed by atoms with Gasteiger partial charge in [-0.05, 0) is 58.9 Å². The molecule has 1 saturated carbocycles. The van der Waals surface area contributed by atoms with E-state index in [-0.39, 0.29) is 0 Å². The third-order valence-electron chi connectivity index (χ3n) is 3.64. The third-order valence-corrected chi connectivity index (χ3v) is 4.23. The quantitative estimate of drug-likeness (QED) is 0.927. The second-order valence-electron chi connectivity index (χ2n) is 5.03. The average molecular weight is 312 g/mol. The first-order valence-corrected chi connectivity index (χ1v) is 7.41. The second-order valence-corrected chi connectivity index (χ2v) is 5.88. The fourth-order valence-corrected chi connectivity index (χ4v) is 2.99. The molecule has 1 fully saturated rings. The Balaban J connectivity index is 1.62. The number of benzene rings is 1. The van der Waals surface area contributed by atoms with Crippen LogP contribution in [-0.4, -0.2) is 19.8 Å². The van der Waals surface area contributed by atoms with Gasteiger partial charge in [-0.15, -0.1) is 0 Å². The molecular formula is C14H18BrNO2. The van der Waals surface area contributed by atoms with Crippen molar-refractivity contribution < 1.29 is 9.47 Å². The average Bonchev–Trinajstić information content (AvgIpc) is 2.32. The molecule has 0 saturated heterocycles. The molecule has 4 heteroatoms. The Kier molecular flexibility index (Phi) is 3.75. The molecule has 3 nitrogen and oxygen atoms in total. The summed E-state index contributed by atoms with van der Waals surface area (Å²) in [5, 5.41) is 3.52. The number of ether oxygens (including phenoxy) is 2. The molecule has 0 amide bonds. The van der Waals surface area contributed by atoms with Crippen LogP contribution in [0.25, 0.3) is 0 Å². The normalized spacial score (nSPS) is 18.5. The Hall–Kier alpha value is -0.740. The highest BCUT2D eigenvalue weighted by Gasteiger charge is 2.18. The first-order chi connectivity index (χ1) is 8.83. The fourth-order valence-electron chi connectivity index (χ4n) is 2.38. The lowest BCUT2D eigenvalue weighted by Crippen LogP contribution is -2.27. The molecule has 18 heavy (non-hydrogen) atoms. The maximum absolute atomic E-state index is 5.62. The molecule has 0 radical (unpaired) electrons. The summed E-state index contributed by atoms with van der Waals surface area (Å²) < 4.78 is 12.2. The van der Waals surface area contributed by atoms with Crippen molar-refractivity contribution in [3.8, 4) is 11.5 Å². The predicted molar refractivity (Wildman–Crippen MR) is 74.2 cm³/mol. The Morgan fingerprint density at radius 3 is 2.83 bits per heavy atom. The van der Waals surface area contributed by atoms with Crippen molar-refractivity contribution in [1.29, 1.82) is 0 Å². The number of fused-ring (bicyclic) bond motifs is 1. The highest BCUT2D eigenvalue weighted by Crippen LogP contribution is 2.38. The zero-order chi connectivity index (χ0) is 12.4. The summed E-state index contributed by atoms with van der Waals surface area (Å²) in [6.45, 7) is 3.29. The van der Waals surface area contributed by atoms with Gasteiger partial charge in [-0.1, -0.05) is 6.42 Å². The molecular weight excluding hydrogens is 294 g/mol. The van der Waals surface area contributed by atoms with E-state index in [1.54, 1.807) is 0 Å². The van der Waals surface area contributed by atoms with Gasteiger partial charge in [0.1, 0.15) is 13.2 Å². The van der Waals surface area contributed by atoms with E-state index in [2.05, 4.69) is 33.4 Å². The Morgan fingerprint density at radius 1 is 1.22 bits per heavy atom. The molecule has 1 aliphatic carbocycles. The predicted octanol–water partition coefficient (Wildman–Crippen LogP) is 3.11. The Bertz CT molecular complexity index is 432.